The predicted octanol–water partition coefficient (Wildman–Crippen LogP) is 4.06. The maximum atomic E-state index is 11.9. The topological polar surface area (TPSA) is 212 Å². The van der Waals surface area contributed by atoms with Gasteiger partial charge < -0.3 is 44.6 Å². The number of aliphatic hydroxyl groups excluding tert-OH is 1. The van der Waals surface area contributed by atoms with Crippen molar-refractivity contribution in [3.05, 3.63) is 44.8 Å². The van der Waals surface area contributed by atoms with Crippen molar-refractivity contribution in [1.82, 2.24) is 29.8 Å². The van der Waals surface area contributed by atoms with Crippen LogP contribution in [-0.2, 0) is 9.47 Å². The number of rotatable bonds is 3. The Morgan fingerprint density at radius 1 is 0.884 bits per heavy atom. The van der Waals surface area contributed by atoms with Crippen LogP contribution in [0, 0.1) is 20.2 Å². The number of aromatic amines is 1. The summed E-state index contributed by atoms with van der Waals surface area (Å²) in [4.78, 5) is 46.2. The third-order valence-corrected chi connectivity index (χ3v) is 6.07. The van der Waals surface area contributed by atoms with Crippen molar-refractivity contribution in [1.29, 1.82) is 0 Å². The standard InChI is InChI=1S/C13H20N4O4.C10H19NO3.C3H3N3O2/c1-13(2,3)21-12(18)15-7-4-10(5-8-15)16-9-6-11(14-16)17(19)20;1-10(2,3)14-9(13)11-6-4-8(12)5-7-11;7-6(8)3-1-2-4-5-3/h6,9-10H,4-5,7-8H2,1-3H3;8,12H,4-7H2,1-3H3;1-2H,(H,4,5). The minimum atomic E-state index is -0.535. The smallest absolute Gasteiger partial charge is 0.410 e. The highest BCUT2D eigenvalue weighted by molar-refractivity contribution is 5.68. The maximum Gasteiger partial charge on any atom is 0.410 e. The molecule has 2 fully saturated rings. The molecule has 2 aliphatic heterocycles. The van der Waals surface area contributed by atoms with Gasteiger partial charge >= 0.3 is 23.8 Å². The van der Waals surface area contributed by atoms with Crippen molar-refractivity contribution in [2.45, 2.75) is 90.6 Å². The van der Waals surface area contributed by atoms with E-state index in [1.54, 1.807) is 20.7 Å². The van der Waals surface area contributed by atoms with Gasteiger partial charge in [0.15, 0.2) is 0 Å². The zero-order valence-electron chi connectivity index (χ0n) is 25.5. The molecule has 0 unspecified atom stereocenters. The lowest BCUT2D eigenvalue weighted by atomic mass is 10.1. The first kappa shape index (κ1) is 34.9. The number of aromatic nitrogens is 4. The van der Waals surface area contributed by atoms with Gasteiger partial charge in [-0.1, -0.05) is 5.10 Å². The molecule has 4 rings (SSSR count). The van der Waals surface area contributed by atoms with Crippen LogP contribution in [0.3, 0.4) is 0 Å². The molecule has 4 heterocycles. The van der Waals surface area contributed by atoms with Gasteiger partial charge in [0.2, 0.25) is 0 Å². The number of piperidine rings is 2. The van der Waals surface area contributed by atoms with E-state index in [2.05, 4.69) is 15.3 Å². The molecule has 2 aromatic heterocycles. The van der Waals surface area contributed by atoms with Crippen LogP contribution in [0.25, 0.3) is 0 Å². The quantitative estimate of drug-likeness (QED) is 0.373. The Labute approximate surface area is 249 Å². The van der Waals surface area contributed by atoms with E-state index in [0.29, 0.717) is 51.9 Å². The summed E-state index contributed by atoms with van der Waals surface area (Å²) in [6, 6.07) is 2.76. The minimum Gasteiger partial charge on any atom is -0.444 e. The molecule has 2 amide bonds. The summed E-state index contributed by atoms with van der Waals surface area (Å²) >= 11 is 0. The van der Waals surface area contributed by atoms with E-state index in [1.807, 2.05) is 41.5 Å². The molecule has 0 spiro atoms. The number of carbonyl (C=O) groups excluding carboxylic acids is 2. The molecule has 2 aromatic rings. The number of H-pyrrole nitrogens is 1. The van der Waals surface area contributed by atoms with Gasteiger partial charge in [-0.15, -0.1) is 5.10 Å². The van der Waals surface area contributed by atoms with Crippen LogP contribution in [0.2, 0.25) is 0 Å². The largest absolute Gasteiger partial charge is 0.444 e. The fraction of sp³-hybridized carbons (Fsp3) is 0.692. The number of ether oxygens (including phenoxy) is 2. The molecule has 2 aliphatic rings. The number of likely N-dealkylation sites (tertiary alicyclic amines) is 2. The second-order valence-electron chi connectivity index (χ2n) is 12.0. The summed E-state index contributed by atoms with van der Waals surface area (Å²) in [5.74, 6) is -0.227. The summed E-state index contributed by atoms with van der Waals surface area (Å²) in [6.07, 6.45) is 4.82. The van der Waals surface area contributed by atoms with E-state index in [1.165, 1.54) is 18.3 Å². The lowest BCUT2D eigenvalue weighted by Gasteiger charge is -2.32. The van der Waals surface area contributed by atoms with Crippen LogP contribution >= 0.6 is 0 Å². The van der Waals surface area contributed by atoms with Gasteiger partial charge in [-0.2, -0.15) is 4.68 Å². The molecule has 0 bridgehead atoms. The highest BCUT2D eigenvalue weighted by atomic mass is 16.6. The van der Waals surface area contributed by atoms with Crippen LogP contribution in [-0.4, -0.2) is 100 Å². The van der Waals surface area contributed by atoms with Gasteiger partial charge in [0.1, 0.15) is 11.2 Å². The molecule has 0 atom stereocenters. The number of aliphatic hydroxyl groups is 1. The number of nitrogens with one attached hydrogen (secondary N) is 1. The van der Waals surface area contributed by atoms with Gasteiger partial charge in [0, 0.05) is 26.2 Å². The third-order valence-electron chi connectivity index (χ3n) is 6.07. The van der Waals surface area contributed by atoms with Gasteiger partial charge in [-0.3, -0.25) is 0 Å². The number of amides is 2. The first-order valence-corrected chi connectivity index (χ1v) is 13.9. The molecule has 0 radical (unpaired) electrons. The zero-order valence-corrected chi connectivity index (χ0v) is 25.5. The molecule has 0 saturated carbocycles. The Balaban J connectivity index is 0.000000251. The van der Waals surface area contributed by atoms with Crippen molar-refractivity contribution >= 4 is 23.8 Å². The molecule has 2 saturated heterocycles. The number of nitro groups is 2. The van der Waals surface area contributed by atoms with Gasteiger partial charge in [0.05, 0.1) is 41.8 Å². The van der Waals surface area contributed by atoms with Crippen molar-refractivity contribution in [2.75, 3.05) is 26.2 Å². The third kappa shape index (κ3) is 12.6. The summed E-state index contributed by atoms with van der Waals surface area (Å²) in [7, 11) is 0. The summed E-state index contributed by atoms with van der Waals surface area (Å²) in [6.45, 7) is 13.4. The average molecular weight is 611 g/mol. The fourth-order valence-corrected chi connectivity index (χ4v) is 3.99. The first-order valence-electron chi connectivity index (χ1n) is 13.9. The Morgan fingerprint density at radius 3 is 1.72 bits per heavy atom. The molecule has 43 heavy (non-hydrogen) atoms. The van der Waals surface area contributed by atoms with E-state index >= 15 is 0 Å². The molecule has 17 heteroatoms. The van der Waals surface area contributed by atoms with Crippen LogP contribution in [0.1, 0.15) is 73.3 Å². The fourth-order valence-electron chi connectivity index (χ4n) is 3.99. The number of hydrogen-bond donors (Lipinski definition) is 2. The summed E-state index contributed by atoms with van der Waals surface area (Å²) in [5.41, 5.74) is -0.941. The second kappa shape index (κ2) is 15.3. The van der Waals surface area contributed by atoms with Crippen LogP contribution in [0.15, 0.2) is 24.5 Å². The number of nitrogens with zero attached hydrogens (tertiary/aromatic N) is 7. The molecule has 240 valence electrons. The molecule has 17 nitrogen and oxygen atoms in total. The van der Waals surface area contributed by atoms with E-state index in [0.717, 1.165) is 0 Å². The lowest BCUT2D eigenvalue weighted by molar-refractivity contribution is -0.389. The second-order valence-corrected chi connectivity index (χ2v) is 12.0. The van der Waals surface area contributed by atoms with E-state index < -0.39 is 21.0 Å². The number of hydrogen-bond acceptors (Lipinski definition) is 11. The molecular formula is C26H42N8O9. The van der Waals surface area contributed by atoms with E-state index in [-0.39, 0.29) is 36.0 Å². The van der Waals surface area contributed by atoms with Gasteiger partial charge in [-0.05, 0) is 77.1 Å². The highest BCUT2D eigenvalue weighted by Crippen LogP contribution is 2.24. The highest BCUT2D eigenvalue weighted by Gasteiger charge is 2.29. The molecule has 0 aliphatic carbocycles. The van der Waals surface area contributed by atoms with Crippen molar-refractivity contribution < 1.29 is 34.0 Å². The Bertz CT molecular complexity index is 1190. The Kier molecular flexibility index (Phi) is 12.4. The lowest BCUT2D eigenvalue weighted by Crippen LogP contribution is -2.42. The molecular weight excluding hydrogens is 568 g/mol. The average Bonchev–Trinajstić information content (AvgIpc) is 3.61. The van der Waals surface area contributed by atoms with E-state index in [4.69, 9.17) is 9.47 Å². The SMILES string of the molecule is CC(C)(C)OC(=O)N1CCC(O)CC1.CC(C)(C)OC(=O)N1CCC(n2ccc([N+](=O)[O-])n2)CC1.O=[N+]([O-])c1ccn[nH]1. The van der Waals surface area contributed by atoms with Crippen molar-refractivity contribution in [2.24, 2.45) is 0 Å². The van der Waals surface area contributed by atoms with Crippen LogP contribution < -0.4 is 0 Å². The predicted molar refractivity (Wildman–Crippen MR) is 153 cm³/mol. The zero-order chi connectivity index (χ0) is 32.4. The summed E-state index contributed by atoms with van der Waals surface area (Å²) in [5, 5.41) is 39.2. The van der Waals surface area contributed by atoms with E-state index in [9.17, 15) is 34.9 Å². The monoisotopic (exact) mass is 610 g/mol. The molecule has 2 N–H and O–H groups in total. The first-order chi connectivity index (χ1) is 19.9. The molecule has 0 aromatic carbocycles. The normalized spacial score (nSPS) is 16.3. The van der Waals surface area contributed by atoms with Crippen molar-refractivity contribution in [3.63, 3.8) is 0 Å². The van der Waals surface area contributed by atoms with Gasteiger partial charge in [-0.25, -0.2) is 9.59 Å². The summed E-state index contributed by atoms with van der Waals surface area (Å²) < 4.78 is 12.2. The van der Waals surface area contributed by atoms with Crippen molar-refractivity contribution in [3.8, 4) is 0 Å². The minimum absolute atomic E-state index is 0.0787. The van der Waals surface area contributed by atoms with Gasteiger partial charge in [0.25, 0.3) is 0 Å². The number of carbonyl (C=O) groups is 2. The van der Waals surface area contributed by atoms with Crippen LogP contribution in [0.5, 0.6) is 0 Å². The van der Waals surface area contributed by atoms with Crippen LogP contribution in [0.4, 0.5) is 21.2 Å². The Hall–Kier alpha value is -4.28. The maximum absolute atomic E-state index is 11.9. The Morgan fingerprint density at radius 2 is 1.37 bits per heavy atom.